The van der Waals surface area contributed by atoms with E-state index in [0.29, 0.717) is 6.42 Å². The van der Waals surface area contributed by atoms with Gasteiger partial charge in [0.25, 0.3) is 0 Å². The quantitative estimate of drug-likeness (QED) is 0.417. The number of hydrogen-bond acceptors (Lipinski definition) is 5. The number of benzene rings is 2. The normalized spacial score (nSPS) is 11.6. The summed E-state index contributed by atoms with van der Waals surface area (Å²) in [6, 6.07) is 24.9. The lowest BCUT2D eigenvalue weighted by molar-refractivity contribution is 0.843. The van der Waals surface area contributed by atoms with Gasteiger partial charge in [-0.05, 0) is 53.4 Å². The van der Waals surface area contributed by atoms with Crippen molar-refractivity contribution in [2.45, 2.75) is 6.42 Å². The number of hydrogen-bond donors (Lipinski definition) is 0. The van der Waals surface area contributed by atoms with E-state index in [1.54, 1.807) is 11.3 Å². The first-order chi connectivity index (χ1) is 14.3. The van der Waals surface area contributed by atoms with Gasteiger partial charge < -0.3 is 0 Å². The summed E-state index contributed by atoms with van der Waals surface area (Å²) in [5.74, 6) is 0.825. The summed E-state index contributed by atoms with van der Waals surface area (Å²) in [6.45, 7) is 0. The van der Waals surface area contributed by atoms with Crippen LogP contribution in [0, 0.1) is 0 Å². The van der Waals surface area contributed by atoms with Gasteiger partial charge in [-0.1, -0.05) is 30.3 Å². The van der Waals surface area contributed by atoms with Crippen LogP contribution >= 0.6 is 11.3 Å². The zero-order chi connectivity index (χ0) is 19.2. The highest BCUT2D eigenvalue weighted by Crippen LogP contribution is 2.32. The lowest BCUT2D eigenvalue weighted by atomic mass is 10.1. The Morgan fingerprint density at radius 2 is 1.76 bits per heavy atom. The lowest BCUT2D eigenvalue weighted by Crippen LogP contribution is -2.01. The van der Waals surface area contributed by atoms with Crippen LogP contribution in [0.15, 0.2) is 79.0 Å². The smallest absolute Gasteiger partial charge is 0.177 e. The van der Waals surface area contributed by atoms with Crippen LogP contribution in [0.1, 0.15) is 11.4 Å². The highest BCUT2D eigenvalue weighted by atomic mass is 32.1. The molecule has 0 amide bonds. The molecule has 0 radical (unpaired) electrons. The number of aromatic nitrogens is 5. The van der Waals surface area contributed by atoms with Gasteiger partial charge in [-0.25, -0.2) is 0 Å². The van der Waals surface area contributed by atoms with E-state index >= 15 is 0 Å². The molecule has 4 heterocycles. The van der Waals surface area contributed by atoms with E-state index in [-0.39, 0.29) is 0 Å². The molecule has 0 atom stereocenters. The minimum atomic E-state index is 0.662. The molecule has 5 nitrogen and oxygen atoms in total. The van der Waals surface area contributed by atoms with E-state index in [1.807, 2.05) is 35.0 Å². The average molecular weight is 393 g/mol. The zero-order valence-corrected chi connectivity index (χ0v) is 16.2. The van der Waals surface area contributed by atoms with Crippen LogP contribution in [-0.2, 0) is 6.42 Å². The third-order valence-electron chi connectivity index (χ3n) is 5.04. The highest BCUT2D eigenvalue weighted by Gasteiger charge is 2.12. The van der Waals surface area contributed by atoms with Crippen molar-refractivity contribution in [3.05, 3.63) is 90.4 Å². The first-order valence-corrected chi connectivity index (χ1v) is 10.2. The maximum atomic E-state index is 4.85. The first-order valence-electron chi connectivity index (χ1n) is 9.37. The summed E-state index contributed by atoms with van der Waals surface area (Å²) in [5.41, 5.74) is 3.84. The zero-order valence-electron chi connectivity index (χ0n) is 15.4. The molecule has 138 valence electrons. The van der Waals surface area contributed by atoms with Crippen LogP contribution in [-0.4, -0.2) is 24.8 Å². The maximum Gasteiger partial charge on any atom is 0.177 e. The molecule has 0 aliphatic rings. The molecule has 6 heteroatoms. The van der Waals surface area contributed by atoms with Gasteiger partial charge >= 0.3 is 0 Å². The fourth-order valence-corrected chi connectivity index (χ4v) is 4.63. The molecule has 0 saturated heterocycles. The van der Waals surface area contributed by atoms with Crippen molar-refractivity contribution < 1.29 is 0 Å². The molecule has 0 aliphatic heterocycles. The number of thiophene rings is 1. The summed E-state index contributed by atoms with van der Waals surface area (Å²) < 4.78 is 3.12. The Labute approximate surface area is 170 Å². The van der Waals surface area contributed by atoms with Gasteiger partial charge in [0.2, 0.25) is 0 Å². The van der Waals surface area contributed by atoms with Crippen molar-refractivity contribution in [3.63, 3.8) is 0 Å². The van der Waals surface area contributed by atoms with E-state index in [4.69, 9.17) is 5.10 Å². The Kier molecular flexibility index (Phi) is 3.64. The molecule has 0 aliphatic carbocycles. The summed E-state index contributed by atoms with van der Waals surface area (Å²) >= 11 is 1.75. The van der Waals surface area contributed by atoms with Crippen molar-refractivity contribution in [1.82, 2.24) is 24.8 Å². The van der Waals surface area contributed by atoms with Gasteiger partial charge in [-0.2, -0.15) is 9.61 Å². The highest BCUT2D eigenvalue weighted by molar-refractivity contribution is 7.22. The predicted molar refractivity (Wildman–Crippen MR) is 116 cm³/mol. The number of nitrogens with zero attached hydrogens (tertiary/aromatic N) is 5. The van der Waals surface area contributed by atoms with Crippen molar-refractivity contribution in [1.29, 1.82) is 0 Å². The van der Waals surface area contributed by atoms with E-state index < -0.39 is 0 Å². The van der Waals surface area contributed by atoms with Crippen molar-refractivity contribution in [3.8, 4) is 10.6 Å². The first kappa shape index (κ1) is 16.3. The van der Waals surface area contributed by atoms with Crippen LogP contribution in [0.25, 0.3) is 37.2 Å². The second-order valence-electron chi connectivity index (χ2n) is 6.96. The van der Waals surface area contributed by atoms with Crippen molar-refractivity contribution in [2.75, 3.05) is 0 Å². The molecule has 0 N–H and O–H groups in total. The van der Waals surface area contributed by atoms with E-state index in [2.05, 4.69) is 63.7 Å². The third-order valence-corrected chi connectivity index (χ3v) is 6.17. The van der Waals surface area contributed by atoms with Crippen molar-refractivity contribution in [2.24, 2.45) is 0 Å². The minimum absolute atomic E-state index is 0.662. The van der Waals surface area contributed by atoms with E-state index in [0.717, 1.165) is 38.5 Å². The molecule has 0 fully saturated rings. The summed E-state index contributed by atoms with van der Waals surface area (Å²) in [4.78, 5) is 5.53. The minimum Gasteiger partial charge on any atom is -0.256 e. The maximum absolute atomic E-state index is 4.85. The van der Waals surface area contributed by atoms with Crippen LogP contribution < -0.4 is 0 Å². The average Bonchev–Trinajstić information content (AvgIpc) is 3.37. The van der Waals surface area contributed by atoms with Crippen LogP contribution in [0.4, 0.5) is 0 Å². The molecule has 0 spiro atoms. The van der Waals surface area contributed by atoms with Crippen molar-refractivity contribution >= 4 is 38.0 Å². The largest absolute Gasteiger partial charge is 0.256 e. The van der Waals surface area contributed by atoms with Gasteiger partial charge in [-0.15, -0.1) is 21.5 Å². The summed E-state index contributed by atoms with van der Waals surface area (Å²) in [7, 11) is 0. The molecule has 6 aromatic rings. The Morgan fingerprint density at radius 1 is 0.828 bits per heavy atom. The molecule has 2 aromatic carbocycles. The molecule has 4 aromatic heterocycles. The number of fused-ring (bicyclic) bond motifs is 3. The SMILES string of the molecule is c1cnc2ccc(Cc3nnc4ccc(-c5cc6ccccc6s5)nn34)cc2c1. The molecular weight excluding hydrogens is 378 g/mol. The molecule has 6 rings (SSSR count). The van der Waals surface area contributed by atoms with Gasteiger partial charge in [0.15, 0.2) is 11.5 Å². The van der Waals surface area contributed by atoms with Gasteiger partial charge in [0.1, 0.15) is 5.69 Å². The molecule has 29 heavy (non-hydrogen) atoms. The fourth-order valence-electron chi connectivity index (χ4n) is 3.60. The Balaban J connectivity index is 1.41. The molecule has 0 saturated carbocycles. The number of pyridine rings is 1. The second-order valence-corrected chi connectivity index (χ2v) is 8.04. The van der Waals surface area contributed by atoms with Gasteiger partial charge in [0.05, 0.1) is 10.4 Å². The predicted octanol–water partition coefficient (Wildman–Crippen LogP) is 5.15. The van der Waals surface area contributed by atoms with Crippen LogP contribution in [0.2, 0.25) is 0 Å². The van der Waals surface area contributed by atoms with E-state index in [9.17, 15) is 0 Å². The molecular formula is C23H15N5S. The van der Waals surface area contributed by atoms with Crippen LogP contribution in [0.5, 0.6) is 0 Å². The van der Waals surface area contributed by atoms with E-state index in [1.165, 1.54) is 10.1 Å². The fraction of sp³-hybridized carbons (Fsp3) is 0.0435. The third kappa shape index (κ3) is 2.85. The Morgan fingerprint density at radius 3 is 2.72 bits per heavy atom. The second kappa shape index (κ2) is 6.46. The number of rotatable bonds is 3. The van der Waals surface area contributed by atoms with Gasteiger partial charge in [-0.3, -0.25) is 4.98 Å². The monoisotopic (exact) mass is 393 g/mol. The van der Waals surface area contributed by atoms with Crippen LogP contribution in [0.3, 0.4) is 0 Å². The molecule has 0 unspecified atom stereocenters. The standard InChI is InChI=1S/C23H15N5S/c1-2-6-20-17(4-1)14-21(29-20)19-9-10-22-25-26-23(28(22)27-19)13-15-7-8-18-16(12-15)5-3-11-24-18/h1-12,14H,13H2. The Hall–Kier alpha value is -3.64. The summed E-state index contributed by atoms with van der Waals surface area (Å²) in [5, 5.41) is 15.9. The lowest BCUT2D eigenvalue weighted by Gasteiger charge is -2.03. The topological polar surface area (TPSA) is 56.0 Å². The molecule has 0 bridgehead atoms. The summed E-state index contributed by atoms with van der Waals surface area (Å²) in [6.07, 6.45) is 2.47. The van der Waals surface area contributed by atoms with Gasteiger partial charge in [0, 0.05) is 22.7 Å². The Bertz CT molecular complexity index is 1460.